The summed E-state index contributed by atoms with van der Waals surface area (Å²) < 4.78 is 5.77. The number of carbonyl (C=O) groups is 3. The smallest absolute Gasteiger partial charge is 0.307 e. The number of rotatable bonds is 6. The second kappa shape index (κ2) is 8.13. The van der Waals surface area contributed by atoms with E-state index in [1.807, 2.05) is 0 Å². The summed E-state index contributed by atoms with van der Waals surface area (Å²) in [6.07, 6.45) is -0.00419. The molecule has 2 N–H and O–H groups in total. The summed E-state index contributed by atoms with van der Waals surface area (Å²) >= 11 is 6.07. The van der Waals surface area contributed by atoms with Gasteiger partial charge in [0.2, 0.25) is 5.91 Å². The van der Waals surface area contributed by atoms with Crippen LogP contribution >= 0.6 is 11.6 Å². The van der Waals surface area contributed by atoms with Crippen molar-refractivity contribution in [3.63, 3.8) is 0 Å². The largest absolute Gasteiger partial charge is 0.481 e. The van der Waals surface area contributed by atoms with Gasteiger partial charge in [0.25, 0.3) is 5.91 Å². The average Bonchev–Trinajstić information content (AvgIpc) is 2.64. The molecule has 0 bridgehead atoms. The normalized spacial score (nSPS) is 14.7. The molecule has 1 aliphatic rings. The highest BCUT2D eigenvalue weighted by Gasteiger charge is 2.40. The number of hydrogen-bond donors (Lipinski definition) is 2. The van der Waals surface area contributed by atoms with Crippen LogP contribution in [0.15, 0.2) is 42.5 Å². The van der Waals surface area contributed by atoms with Gasteiger partial charge in [-0.2, -0.15) is 0 Å². The van der Waals surface area contributed by atoms with E-state index in [-0.39, 0.29) is 31.2 Å². The molecule has 8 heteroatoms. The van der Waals surface area contributed by atoms with Gasteiger partial charge in [-0.1, -0.05) is 23.7 Å². The molecule has 0 saturated heterocycles. The number of aliphatic carboxylic acids is 1. The molecule has 7 nitrogen and oxygen atoms in total. The first kappa shape index (κ1) is 20.7. The van der Waals surface area contributed by atoms with Crippen LogP contribution in [0.2, 0.25) is 5.02 Å². The summed E-state index contributed by atoms with van der Waals surface area (Å²) in [6, 6.07) is 11.6. The van der Waals surface area contributed by atoms with Crippen LogP contribution in [-0.2, 0) is 20.8 Å². The number of halogens is 1. The van der Waals surface area contributed by atoms with Crippen molar-refractivity contribution in [3.8, 4) is 5.75 Å². The SMILES string of the molecule is CC1(C)Oc2ccc(Cl)cc2N(CCC(=O)Nc2ccc(CC(=O)O)cc2)C1=O. The van der Waals surface area contributed by atoms with Gasteiger partial charge in [0, 0.05) is 23.7 Å². The van der Waals surface area contributed by atoms with Crippen molar-refractivity contribution < 1.29 is 24.2 Å². The van der Waals surface area contributed by atoms with Crippen LogP contribution < -0.4 is 15.0 Å². The lowest BCUT2D eigenvalue weighted by Crippen LogP contribution is -2.53. The van der Waals surface area contributed by atoms with Crippen LogP contribution in [-0.4, -0.2) is 35.0 Å². The molecular formula is C21H21ClN2O5. The van der Waals surface area contributed by atoms with E-state index in [0.29, 0.717) is 27.7 Å². The lowest BCUT2D eigenvalue weighted by Gasteiger charge is -2.38. The molecule has 152 valence electrons. The Morgan fingerprint density at radius 2 is 1.86 bits per heavy atom. The lowest BCUT2D eigenvalue weighted by atomic mass is 10.0. The quantitative estimate of drug-likeness (QED) is 0.751. The van der Waals surface area contributed by atoms with Crippen molar-refractivity contribution in [3.05, 3.63) is 53.1 Å². The molecular weight excluding hydrogens is 396 g/mol. The Balaban J connectivity index is 1.67. The molecule has 0 aromatic heterocycles. The highest BCUT2D eigenvalue weighted by molar-refractivity contribution is 6.31. The number of nitrogens with one attached hydrogen (secondary N) is 1. The van der Waals surface area contributed by atoms with Crippen molar-refractivity contribution in [2.45, 2.75) is 32.3 Å². The van der Waals surface area contributed by atoms with Gasteiger partial charge in [0.15, 0.2) is 5.60 Å². The first-order valence-corrected chi connectivity index (χ1v) is 9.44. The van der Waals surface area contributed by atoms with E-state index in [0.717, 1.165) is 0 Å². The summed E-state index contributed by atoms with van der Waals surface area (Å²) in [5, 5.41) is 12.0. The monoisotopic (exact) mass is 416 g/mol. The van der Waals surface area contributed by atoms with Crippen LogP contribution in [0.5, 0.6) is 5.75 Å². The van der Waals surface area contributed by atoms with Gasteiger partial charge < -0.3 is 20.1 Å². The summed E-state index contributed by atoms with van der Waals surface area (Å²) in [6.45, 7) is 3.53. The Morgan fingerprint density at radius 3 is 2.52 bits per heavy atom. The third kappa shape index (κ3) is 4.86. The Hall–Kier alpha value is -3.06. The van der Waals surface area contributed by atoms with E-state index < -0.39 is 11.6 Å². The lowest BCUT2D eigenvalue weighted by molar-refractivity contribution is -0.136. The molecule has 2 aromatic rings. The maximum atomic E-state index is 12.8. The molecule has 0 spiro atoms. The Labute approximate surface area is 173 Å². The van der Waals surface area contributed by atoms with Crippen LogP contribution in [0.4, 0.5) is 11.4 Å². The molecule has 2 aromatic carbocycles. The number of fused-ring (bicyclic) bond motifs is 1. The molecule has 29 heavy (non-hydrogen) atoms. The van der Waals surface area contributed by atoms with E-state index in [9.17, 15) is 14.4 Å². The second-order valence-corrected chi connectivity index (χ2v) is 7.68. The minimum atomic E-state index is -1.04. The molecule has 0 saturated carbocycles. The first-order valence-electron chi connectivity index (χ1n) is 9.07. The van der Waals surface area contributed by atoms with Crippen LogP contribution in [0.1, 0.15) is 25.8 Å². The van der Waals surface area contributed by atoms with Gasteiger partial charge in [-0.05, 0) is 49.7 Å². The average molecular weight is 417 g/mol. The van der Waals surface area contributed by atoms with Crippen molar-refractivity contribution in [1.29, 1.82) is 0 Å². The maximum absolute atomic E-state index is 12.8. The zero-order valence-corrected chi connectivity index (χ0v) is 16.8. The van der Waals surface area contributed by atoms with Crippen molar-refractivity contribution in [2.75, 3.05) is 16.8 Å². The minimum absolute atomic E-state index is 0.0741. The van der Waals surface area contributed by atoms with Crippen molar-refractivity contribution >= 4 is 40.8 Å². The van der Waals surface area contributed by atoms with Crippen LogP contribution in [0, 0.1) is 0 Å². The summed E-state index contributed by atoms with van der Waals surface area (Å²) in [4.78, 5) is 37.4. The highest BCUT2D eigenvalue weighted by Crippen LogP contribution is 2.39. The zero-order chi connectivity index (χ0) is 21.2. The molecule has 2 amide bonds. The van der Waals surface area contributed by atoms with Gasteiger partial charge in [-0.15, -0.1) is 0 Å². The fourth-order valence-corrected chi connectivity index (χ4v) is 3.25. The molecule has 0 atom stereocenters. The fraction of sp³-hybridized carbons (Fsp3) is 0.286. The van der Waals surface area contributed by atoms with E-state index in [1.165, 1.54) is 4.90 Å². The number of amides is 2. The number of hydrogen-bond acceptors (Lipinski definition) is 4. The van der Waals surface area contributed by atoms with Crippen LogP contribution in [0.25, 0.3) is 0 Å². The number of benzene rings is 2. The first-order chi connectivity index (χ1) is 13.7. The minimum Gasteiger partial charge on any atom is -0.481 e. The number of carboxylic acids is 1. The van der Waals surface area contributed by atoms with Gasteiger partial charge in [-0.25, -0.2) is 0 Å². The summed E-state index contributed by atoms with van der Waals surface area (Å²) in [5.74, 6) is -0.900. The molecule has 0 aliphatic carbocycles. The maximum Gasteiger partial charge on any atom is 0.307 e. The molecule has 0 fully saturated rings. The topological polar surface area (TPSA) is 95.9 Å². The van der Waals surface area contributed by atoms with Crippen molar-refractivity contribution in [1.82, 2.24) is 0 Å². The fourth-order valence-electron chi connectivity index (χ4n) is 3.08. The van der Waals surface area contributed by atoms with Crippen LogP contribution in [0.3, 0.4) is 0 Å². The summed E-state index contributed by atoms with van der Waals surface area (Å²) in [7, 11) is 0. The molecule has 1 aliphatic heterocycles. The van der Waals surface area contributed by atoms with Gasteiger partial charge >= 0.3 is 5.97 Å². The highest BCUT2D eigenvalue weighted by atomic mass is 35.5. The Kier molecular flexibility index (Phi) is 5.79. The van der Waals surface area contributed by atoms with E-state index >= 15 is 0 Å². The zero-order valence-electron chi connectivity index (χ0n) is 16.1. The van der Waals surface area contributed by atoms with Crippen molar-refractivity contribution in [2.24, 2.45) is 0 Å². The molecule has 1 heterocycles. The molecule has 0 radical (unpaired) electrons. The number of anilines is 2. The Morgan fingerprint density at radius 1 is 1.17 bits per heavy atom. The third-order valence-corrected chi connectivity index (χ3v) is 4.73. The molecule has 0 unspecified atom stereocenters. The van der Waals surface area contributed by atoms with E-state index in [1.54, 1.807) is 56.3 Å². The predicted molar refractivity (Wildman–Crippen MR) is 110 cm³/mol. The predicted octanol–water partition coefficient (Wildman–Crippen LogP) is 3.50. The molecule has 3 rings (SSSR count). The number of nitrogens with zero attached hydrogens (tertiary/aromatic N) is 1. The number of carbonyl (C=O) groups excluding carboxylic acids is 2. The van der Waals surface area contributed by atoms with Gasteiger partial charge in [0.1, 0.15) is 5.75 Å². The van der Waals surface area contributed by atoms with Gasteiger partial charge in [0.05, 0.1) is 12.1 Å². The summed E-state index contributed by atoms with van der Waals surface area (Å²) in [5.41, 5.74) is 0.691. The van der Waals surface area contributed by atoms with E-state index in [4.69, 9.17) is 21.4 Å². The standard InChI is InChI=1S/C21H21ClN2O5/c1-21(2)20(28)24(16-12-14(22)5-8-17(16)29-21)10-9-18(25)23-15-6-3-13(4-7-15)11-19(26)27/h3-8,12H,9-11H2,1-2H3,(H,23,25)(H,26,27). The second-order valence-electron chi connectivity index (χ2n) is 7.25. The van der Waals surface area contributed by atoms with E-state index in [2.05, 4.69) is 5.32 Å². The number of ether oxygens (including phenoxy) is 1. The van der Waals surface area contributed by atoms with Gasteiger partial charge in [-0.3, -0.25) is 14.4 Å². The third-order valence-electron chi connectivity index (χ3n) is 4.49. The number of carboxylic acid groups (broad SMARTS) is 1. The Bertz CT molecular complexity index is 956.